The van der Waals surface area contributed by atoms with Crippen molar-refractivity contribution in [3.05, 3.63) is 41.5 Å². The third-order valence-electron chi connectivity index (χ3n) is 1.88. The number of benzene rings is 1. The fourth-order valence-electron chi connectivity index (χ4n) is 1.28. The predicted octanol–water partition coefficient (Wildman–Crippen LogP) is 2.05. The molecule has 0 nitrogen and oxygen atoms in total. The van der Waals surface area contributed by atoms with Crippen LogP contribution in [0, 0.1) is 0 Å². The average Bonchev–Trinajstić information content (AvgIpc) is 2.09. The molecule has 0 amide bonds. The van der Waals surface area contributed by atoms with Gasteiger partial charge in [0.15, 0.2) is 0 Å². The van der Waals surface area contributed by atoms with Crippen molar-refractivity contribution in [3.63, 3.8) is 0 Å². The highest BCUT2D eigenvalue weighted by Gasteiger charge is 1.89. The Morgan fingerprint density at radius 1 is 1.25 bits per heavy atom. The minimum absolute atomic E-state index is 1.25. The maximum absolute atomic E-state index is 2.23. The lowest BCUT2D eigenvalue weighted by Crippen LogP contribution is -1.83. The number of allylic oxidation sites excluding steroid dienone is 1. The predicted molar refractivity (Wildman–Crippen MR) is 59.6 cm³/mol. The molecule has 0 saturated heterocycles. The zero-order valence-corrected chi connectivity index (χ0v) is 9.88. The van der Waals surface area contributed by atoms with Crippen molar-refractivity contribution < 1.29 is 0 Å². The molecule has 0 saturated carbocycles. The molecule has 0 bridgehead atoms. The molecular weight excluding hydrogens is 160 g/mol. The summed E-state index contributed by atoms with van der Waals surface area (Å²) in [6.07, 6.45) is 5.45. The molecule has 0 radical (unpaired) electrons. The van der Waals surface area contributed by atoms with Gasteiger partial charge in [0, 0.05) is 10.2 Å². The van der Waals surface area contributed by atoms with Crippen molar-refractivity contribution in [1.29, 1.82) is 0 Å². The minimum Gasteiger partial charge on any atom is -0.0871 e. The second-order valence-corrected chi connectivity index (χ2v) is 3.99. The van der Waals surface area contributed by atoms with Gasteiger partial charge in [-0.05, 0) is 24.5 Å². The Morgan fingerprint density at radius 2 is 1.92 bits per heavy atom. The van der Waals surface area contributed by atoms with Gasteiger partial charge in [0.2, 0.25) is 0 Å². The van der Waals surface area contributed by atoms with Crippen LogP contribution in [-0.2, 0) is 6.42 Å². The summed E-state index contributed by atoms with van der Waals surface area (Å²) in [5.41, 5.74) is 2.77. The highest BCUT2D eigenvalue weighted by atomic mass is 28.1. The van der Waals surface area contributed by atoms with Crippen LogP contribution in [0.1, 0.15) is 18.1 Å². The molecule has 0 aliphatic heterocycles. The van der Waals surface area contributed by atoms with Crippen molar-refractivity contribution in [2.75, 3.05) is 0 Å². The molecule has 1 aromatic carbocycles. The van der Waals surface area contributed by atoms with Gasteiger partial charge >= 0.3 is 0 Å². The number of aryl methyl sites for hydroxylation is 1. The molecule has 0 atom stereocenters. The van der Waals surface area contributed by atoms with Crippen molar-refractivity contribution in [3.8, 4) is 0 Å². The largest absolute Gasteiger partial charge is 0.0871 e. The molecule has 0 spiro atoms. The Labute approximate surface area is 77.7 Å². The van der Waals surface area contributed by atoms with E-state index in [1.165, 1.54) is 33.8 Å². The first-order valence-electron chi connectivity index (χ1n) is 4.58. The van der Waals surface area contributed by atoms with Crippen LogP contribution in [0.15, 0.2) is 30.3 Å². The third kappa shape index (κ3) is 2.66. The summed E-state index contributed by atoms with van der Waals surface area (Å²) >= 11 is 0. The van der Waals surface area contributed by atoms with Crippen LogP contribution in [0.5, 0.6) is 0 Å². The molecule has 0 unspecified atom stereocenters. The first-order chi connectivity index (χ1) is 5.86. The smallest absolute Gasteiger partial charge is 0.00321 e. The average molecular weight is 176 g/mol. The van der Waals surface area contributed by atoms with E-state index in [1.54, 1.807) is 0 Å². The maximum atomic E-state index is 2.23. The zero-order valence-electron chi connectivity index (χ0n) is 7.88. The normalized spacial score (nSPS) is 11.1. The topological polar surface area (TPSA) is 0 Å². The molecule has 1 heteroatoms. The summed E-state index contributed by atoms with van der Waals surface area (Å²) < 4.78 is 0. The van der Waals surface area contributed by atoms with Crippen LogP contribution in [0.4, 0.5) is 0 Å². The maximum Gasteiger partial charge on any atom is 0.00321 e. The SMILES string of the molecule is C/C=C\c1ccc(CC[SiH3])cc1. The molecule has 12 heavy (non-hydrogen) atoms. The molecule has 1 rings (SSSR count). The Balaban J connectivity index is 2.71. The standard InChI is InChI=1S/C11H16Si/c1-2-3-10-4-6-11(7-5-10)8-9-12/h2-7H,8-9H2,1,12H3/b3-2-. The van der Waals surface area contributed by atoms with Crippen LogP contribution in [0.25, 0.3) is 6.08 Å². The molecule has 0 N–H and O–H groups in total. The van der Waals surface area contributed by atoms with Crippen molar-refractivity contribution in [2.45, 2.75) is 19.4 Å². The Kier molecular flexibility index (Phi) is 3.81. The van der Waals surface area contributed by atoms with Gasteiger partial charge in [-0.15, -0.1) is 0 Å². The summed E-state index contributed by atoms with van der Waals surface area (Å²) in [5, 5.41) is 0. The minimum atomic E-state index is 1.25. The van der Waals surface area contributed by atoms with E-state index < -0.39 is 0 Å². The molecule has 0 aromatic heterocycles. The number of hydrogen-bond donors (Lipinski definition) is 0. The first-order valence-corrected chi connectivity index (χ1v) is 6.00. The van der Waals surface area contributed by atoms with Gasteiger partial charge in [-0.2, -0.15) is 0 Å². The van der Waals surface area contributed by atoms with Gasteiger partial charge in [-0.25, -0.2) is 0 Å². The molecule has 64 valence electrons. The van der Waals surface area contributed by atoms with E-state index in [-0.39, 0.29) is 0 Å². The van der Waals surface area contributed by atoms with Gasteiger partial charge < -0.3 is 0 Å². The van der Waals surface area contributed by atoms with E-state index in [0.29, 0.717) is 0 Å². The number of rotatable bonds is 3. The monoisotopic (exact) mass is 176 g/mol. The van der Waals surface area contributed by atoms with Gasteiger partial charge in [0.05, 0.1) is 0 Å². The summed E-state index contributed by atoms with van der Waals surface area (Å²) in [7, 11) is 1.31. The van der Waals surface area contributed by atoms with E-state index in [9.17, 15) is 0 Å². The fraction of sp³-hybridized carbons (Fsp3) is 0.273. The van der Waals surface area contributed by atoms with E-state index in [4.69, 9.17) is 0 Å². The quantitative estimate of drug-likeness (QED) is 0.618. The lowest BCUT2D eigenvalue weighted by Gasteiger charge is -1.98. The number of hydrogen-bond acceptors (Lipinski definition) is 0. The van der Waals surface area contributed by atoms with Crippen molar-refractivity contribution in [1.82, 2.24) is 0 Å². The van der Waals surface area contributed by atoms with Gasteiger partial charge in [0.1, 0.15) is 0 Å². The summed E-state index contributed by atoms with van der Waals surface area (Å²) in [6, 6.07) is 10.2. The molecule has 1 aromatic rings. The molecular formula is C11H16Si. The fourth-order valence-corrected chi connectivity index (χ4v) is 1.85. The molecule has 0 heterocycles. The molecule has 0 aliphatic carbocycles. The lowest BCUT2D eigenvalue weighted by atomic mass is 10.1. The van der Waals surface area contributed by atoms with Crippen LogP contribution in [0.2, 0.25) is 6.04 Å². The Hall–Kier alpha value is -0.823. The van der Waals surface area contributed by atoms with Crippen LogP contribution >= 0.6 is 0 Å². The van der Waals surface area contributed by atoms with E-state index in [0.717, 1.165) is 0 Å². The second kappa shape index (κ2) is 4.94. The Morgan fingerprint density at radius 3 is 2.42 bits per heavy atom. The van der Waals surface area contributed by atoms with E-state index >= 15 is 0 Å². The lowest BCUT2D eigenvalue weighted by molar-refractivity contribution is 1.13. The summed E-state index contributed by atoms with van der Waals surface area (Å²) in [5.74, 6) is 0. The van der Waals surface area contributed by atoms with Crippen LogP contribution in [0.3, 0.4) is 0 Å². The Bertz CT molecular complexity index is 246. The second-order valence-electron chi connectivity index (χ2n) is 2.99. The van der Waals surface area contributed by atoms with E-state index in [2.05, 4.69) is 36.4 Å². The highest BCUT2D eigenvalue weighted by Crippen LogP contribution is 2.07. The molecule has 0 fully saturated rings. The summed E-state index contributed by atoms with van der Waals surface area (Å²) in [4.78, 5) is 0. The van der Waals surface area contributed by atoms with E-state index in [1.807, 2.05) is 6.92 Å². The van der Waals surface area contributed by atoms with Crippen LogP contribution < -0.4 is 0 Å². The van der Waals surface area contributed by atoms with Gasteiger partial charge in [-0.1, -0.05) is 42.5 Å². The highest BCUT2D eigenvalue weighted by molar-refractivity contribution is 6.08. The molecule has 0 aliphatic rings. The first kappa shape index (κ1) is 9.27. The third-order valence-corrected chi connectivity index (χ3v) is 2.38. The van der Waals surface area contributed by atoms with Crippen molar-refractivity contribution in [2.24, 2.45) is 0 Å². The zero-order chi connectivity index (χ0) is 8.81. The van der Waals surface area contributed by atoms with Crippen molar-refractivity contribution >= 4 is 16.3 Å². The van der Waals surface area contributed by atoms with Crippen LogP contribution in [-0.4, -0.2) is 10.2 Å². The van der Waals surface area contributed by atoms with Gasteiger partial charge in [0.25, 0.3) is 0 Å². The summed E-state index contributed by atoms with van der Waals surface area (Å²) in [6.45, 7) is 2.05. The van der Waals surface area contributed by atoms with Gasteiger partial charge in [-0.3, -0.25) is 0 Å².